The molecule has 5 heteroatoms. The number of hydrogen-bond acceptors (Lipinski definition) is 5. The summed E-state index contributed by atoms with van der Waals surface area (Å²) >= 11 is 1.68. The summed E-state index contributed by atoms with van der Waals surface area (Å²) in [5, 5.41) is 11.7. The first-order chi connectivity index (χ1) is 9.49. The predicted octanol–water partition coefficient (Wildman–Crippen LogP) is 3.39. The summed E-state index contributed by atoms with van der Waals surface area (Å²) < 4.78 is 5.75. The van der Waals surface area contributed by atoms with Crippen molar-refractivity contribution in [3.05, 3.63) is 30.2 Å². The van der Waals surface area contributed by atoms with Gasteiger partial charge in [0.05, 0.1) is 5.56 Å². The van der Waals surface area contributed by atoms with Gasteiger partial charge in [0, 0.05) is 23.4 Å². The summed E-state index contributed by atoms with van der Waals surface area (Å²) in [4.78, 5) is 1.15. The summed E-state index contributed by atoms with van der Waals surface area (Å²) in [6, 6.07) is 8.07. The monoisotopic (exact) mass is 291 g/mol. The third-order valence-corrected chi connectivity index (χ3v) is 3.59. The molecule has 0 saturated carbocycles. The van der Waals surface area contributed by atoms with Crippen molar-refractivity contribution in [3.8, 4) is 11.5 Å². The van der Waals surface area contributed by atoms with Crippen LogP contribution in [0.2, 0.25) is 0 Å². The molecule has 0 fully saturated rings. The van der Waals surface area contributed by atoms with E-state index in [0.717, 1.165) is 23.4 Å². The fraction of sp³-hybridized carbons (Fsp3) is 0.467. The van der Waals surface area contributed by atoms with Crippen LogP contribution in [-0.2, 0) is 6.42 Å². The smallest absolute Gasteiger partial charge is 0.248 e. The van der Waals surface area contributed by atoms with Crippen LogP contribution in [0.1, 0.15) is 26.7 Å². The highest BCUT2D eigenvalue weighted by Crippen LogP contribution is 2.28. The number of rotatable bonds is 5. The van der Waals surface area contributed by atoms with Crippen LogP contribution in [0.3, 0.4) is 0 Å². The van der Waals surface area contributed by atoms with Gasteiger partial charge >= 0.3 is 0 Å². The van der Waals surface area contributed by atoms with E-state index in [1.165, 1.54) is 0 Å². The highest BCUT2D eigenvalue weighted by atomic mass is 32.2. The van der Waals surface area contributed by atoms with Gasteiger partial charge in [0.2, 0.25) is 11.8 Å². The fourth-order valence-corrected chi connectivity index (χ4v) is 2.42. The quantitative estimate of drug-likeness (QED) is 0.856. The molecule has 0 aliphatic rings. The van der Waals surface area contributed by atoms with Crippen molar-refractivity contribution >= 4 is 11.8 Å². The Hall–Kier alpha value is -1.33. The van der Waals surface area contributed by atoms with Crippen molar-refractivity contribution in [2.75, 3.05) is 12.8 Å². The van der Waals surface area contributed by atoms with E-state index < -0.39 is 0 Å². The van der Waals surface area contributed by atoms with Crippen LogP contribution in [0.25, 0.3) is 11.5 Å². The molecule has 0 saturated heterocycles. The van der Waals surface area contributed by atoms with Gasteiger partial charge < -0.3 is 9.73 Å². The molecule has 0 atom stereocenters. The van der Waals surface area contributed by atoms with Crippen molar-refractivity contribution in [2.45, 2.75) is 37.6 Å². The Labute approximate surface area is 124 Å². The summed E-state index contributed by atoms with van der Waals surface area (Å²) in [5.74, 6) is 1.27. The lowest BCUT2D eigenvalue weighted by molar-refractivity contribution is 0.411. The van der Waals surface area contributed by atoms with Crippen molar-refractivity contribution in [2.24, 2.45) is 0 Å². The summed E-state index contributed by atoms with van der Waals surface area (Å²) in [6.45, 7) is 7.25. The predicted molar refractivity (Wildman–Crippen MR) is 83.0 cm³/mol. The molecule has 0 radical (unpaired) electrons. The van der Waals surface area contributed by atoms with Gasteiger partial charge in [0.1, 0.15) is 0 Å². The maximum absolute atomic E-state index is 5.75. The molecule has 0 amide bonds. The van der Waals surface area contributed by atoms with Crippen LogP contribution >= 0.6 is 11.8 Å². The summed E-state index contributed by atoms with van der Waals surface area (Å²) in [7, 11) is 0. The Balaban J connectivity index is 2.05. The highest BCUT2D eigenvalue weighted by Gasteiger charge is 2.13. The SMILES string of the molecule is CSc1ccccc1-c1nnc(CCNC(C)(C)C)o1. The van der Waals surface area contributed by atoms with Gasteiger partial charge in [-0.3, -0.25) is 0 Å². The highest BCUT2D eigenvalue weighted by molar-refractivity contribution is 7.98. The molecule has 1 aromatic heterocycles. The summed E-state index contributed by atoms with van der Waals surface area (Å²) in [5.41, 5.74) is 1.11. The van der Waals surface area contributed by atoms with Gasteiger partial charge in [-0.05, 0) is 39.2 Å². The van der Waals surface area contributed by atoms with Crippen LogP contribution in [0, 0.1) is 0 Å². The number of aromatic nitrogens is 2. The number of benzene rings is 1. The molecule has 20 heavy (non-hydrogen) atoms. The lowest BCUT2D eigenvalue weighted by atomic mass is 10.1. The van der Waals surface area contributed by atoms with Gasteiger partial charge in [-0.25, -0.2) is 0 Å². The molecule has 1 aromatic carbocycles. The topological polar surface area (TPSA) is 51.0 Å². The molecule has 0 aliphatic heterocycles. The molecular formula is C15H21N3OS. The van der Waals surface area contributed by atoms with Crippen LogP contribution < -0.4 is 5.32 Å². The van der Waals surface area contributed by atoms with Crippen molar-refractivity contribution in [3.63, 3.8) is 0 Å². The Morgan fingerprint density at radius 3 is 2.65 bits per heavy atom. The van der Waals surface area contributed by atoms with E-state index in [0.29, 0.717) is 11.8 Å². The second-order valence-corrected chi connectivity index (χ2v) is 6.48. The minimum atomic E-state index is 0.105. The van der Waals surface area contributed by atoms with Gasteiger partial charge in [0.15, 0.2) is 0 Å². The molecule has 1 N–H and O–H groups in total. The third-order valence-electron chi connectivity index (χ3n) is 2.80. The van der Waals surface area contributed by atoms with E-state index in [9.17, 15) is 0 Å². The Morgan fingerprint density at radius 1 is 1.20 bits per heavy atom. The first-order valence-electron chi connectivity index (χ1n) is 6.70. The second-order valence-electron chi connectivity index (χ2n) is 5.63. The molecule has 2 rings (SSSR count). The molecule has 0 bridgehead atoms. The molecule has 0 unspecified atom stereocenters. The average Bonchev–Trinajstić information content (AvgIpc) is 2.86. The van der Waals surface area contributed by atoms with Crippen molar-refractivity contribution in [1.82, 2.24) is 15.5 Å². The van der Waals surface area contributed by atoms with Crippen molar-refractivity contribution in [1.29, 1.82) is 0 Å². The van der Waals surface area contributed by atoms with Crippen LogP contribution in [0.5, 0.6) is 0 Å². The maximum Gasteiger partial charge on any atom is 0.248 e. The Kier molecular flexibility index (Phi) is 4.83. The zero-order valence-corrected chi connectivity index (χ0v) is 13.3. The molecule has 0 spiro atoms. The lowest BCUT2D eigenvalue weighted by Gasteiger charge is -2.19. The van der Waals surface area contributed by atoms with Crippen LogP contribution in [0.4, 0.5) is 0 Å². The molecule has 108 valence electrons. The summed E-state index contributed by atoms with van der Waals surface area (Å²) in [6.07, 6.45) is 2.79. The molecule has 2 aromatic rings. The van der Waals surface area contributed by atoms with E-state index in [1.54, 1.807) is 11.8 Å². The Bertz CT molecular complexity index is 560. The normalized spacial score (nSPS) is 11.8. The van der Waals surface area contributed by atoms with Gasteiger partial charge in [-0.15, -0.1) is 22.0 Å². The average molecular weight is 291 g/mol. The molecular weight excluding hydrogens is 270 g/mol. The van der Waals surface area contributed by atoms with E-state index in [2.05, 4.69) is 42.4 Å². The fourth-order valence-electron chi connectivity index (χ4n) is 1.83. The Morgan fingerprint density at radius 2 is 1.95 bits per heavy atom. The first-order valence-corrected chi connectivity index (χ1v) is 7.93. The van der Waals surface area contributed by atoms with Gasteiger partial charge in [0.25, 0.3) is 0 Å². The molecule has 0 aliphatic carbocycles. The number of hydrogen-bond donors (Lipinski definition) is 1. The zero-order chi connectivity index (χ0) is 14.6. The minimum absolute atomic E-state index is 0.105. The standard InChI is InChI=1S/C15H21N3OS/c1-15(2,3)16-10-9-13-17-18-14(19-13)11-7-5-6-8-12(11)20-4/h5-8,16H,9-10H2,1-4H3. The van der Waals surface area contributed by atoms with E-state index in [4.69, 9.17) is 4.42 Å². The van der Waals surface area contributed by atoms with E-state index >= 15 is 0 Å². The van der Waals surface area contributed by atoms with Crippen LogP contribution in [-0.4, -0.2) is 28.5 Å². The molecule has 1 heterocycles. The van der Waals surface area contributed by atoms with Crippen molar-refractivity contribution < 1.29 is 4.42 Å². The van der Waals surface area contributed by atoms with Crippen LogP contribution in [0.15, 0.2) is 33.6 Å². The van der Waals surface area contributed by atoms with E-state index in [1.807, 2.05) is 24.5 Å². The largest absolute Gasteiger partial charge is 0.421 e. The second kappa shape index (κ2) is 6.41. The lowest BCUT2D eigenvalue weighted by Crippen LogP contribution is -2.37. The van der Waals surface area contributed by atoms with E-state index in [-0.39, 0.29) is 5.54 Å². The number of thioether (sulfide) groups is 1. The third kappa shape index (κ3) is 4.08. The minimum Gasteiger partial charge on any atom is -0.421 e. The van der Waals surface area contributed by atoms with Gasteiger partial charge in [-0.2, -0.15) is 0 Å². The number of nitrogens with one attached hydrogen (secondary N) is 1. The zero-order valence-electron chi connectivity index (χ0n) is 12.4. The number of nitrogens with zero attached hydrogens (tertiary/aromatic N) is 2. The maximum atomic E-state index is 5.75. The molecule has 4 nitrogen and oxygen atoms in total. The van der Waals surface area contributed by atoms with Gasteiger partial charge in [-0.1, -0.05) is 12.1 Å². The first kappa shape index (κ1) is 15.1.